The van der Waals surface area contributed by atoms with E-state index in [9.17, 15) is 35.1 Å². The van der Waals surface area contributed by atoms with Gasteiger partial charge in [-0.3, -0.25) is 9.59 Å². The van der Waals surface area contributed by atoms with Crippen molar-refractivity contribution in [2.45, 2.75) is 179 Å². The van der Waals surface area contributed by atoms with Crippen LogP contribution >= 0.6 is 0 Å². The lowest BCUT2D eigenvalue weighted by Crippen LogP contribution is -2.61. The maximum Gasteiger partial charge on any atom is 0.311 e. The Kier molecular flexibility index (Phi) is 14.7. The first kappa shape index (κ1) is 44.1. The molecule has 0 radical (unpaired) electrons. The largest absolute Gasteiger partial charge is 0.459 e. The maximum atomic E-state index is 14.1. The average Bonchev–Trinajstić information content (AvgIpc) is 3.05. The van der Waals surface area contributed by atoms with Gasteiger partial charge >= 0.3 is 5.97 Å². The summed E-state index contributed by atoms with van der Waals surface area (Å²) in [5.74, 6) is -4.98. The standard InChI is InChI=1S/C37H67NO13/c1-14-25-37(10,45)30(41)20(4)27(39)18(2)16-35(8,44)32(51-34-28(40)24(38(11)12)15-19(3)47-34)21(5)29(22(6)33(43)49-25)50-26-17-36(9,46-13)31(42)23(7)48-26/h18-26,28-32,34,40-42,44-45H,14-17H2,1-13H3/t18-,19-,20+,21+,22-,23+,24+,25-,26+,28-,29+,30-,31?,32-,34+,35+,36-,37-/m1/s1. The van der Waals surface area contributed by atoms with E-state index in [1.807, 2.05) is 25.9 Å². The van der Waals surface area contributed by atoms with E-state index >= 15 is 0 Å². The molecule has 0 amide bonds. The number of likely N-dealkylation sites (N-methyl/N-ethyl adjacent to an activating group) is 1. The Bertz CT molecular complexity index is 1170. The SMILES string of the molecule is CC[C@H]1OC(=O)[C@H](C)[C@@H](O[C@H]2C[C@@](C)(OC)C(O)[C@H](C)O2)[C@H](C)[C@@H](O[C@@H]2O[C@H](C)C[C@H](N(C)C)[C@H]2O)[C@@](C)(O)C[C@@H](C)C(=O)[C@H](C)[C@@H](O)[C@]1(C)O. The zero-order valence-electron chi connectivity index (χ0n) is 32.9. The third kappa shape index (κ3) is 9.51. The molecule has 5 N–H and O–H groups in total. The third-order valence-corrected chi connectivity index (χ3v) is 11.8. The molecule has 3 rings (SSSR count). The number of hydrogen-bond donors (Lipinski definition) is 5. The molecule has 0 aromatic rings. The Labute approximate surface area is 304 Å². The van der Waals surface area contributed by atoms with E-state index in [0.717, 1.165) is 0 Å². The summed E-state index contributed by atoms with van der Waals surface area (Å²) in [5, 5.41) is 57.6. The lowest BCUT2D eigenvalue weighted by molar-refractivity contribution is -0.318. The summed E-state index contributed by atoms with van der Waals surface area (Å²) in [6, 6.07) is -0.324. The van der Waals surface area contributed by atoms with E-state index in [4.69, 9.17) is 28.4 Å². The molecule has 298 valence electrons. The third-order valence-electron chi connectivity index (χ3n) is 11.8. The van der Waals surface area contributed by atoms with Gasteiger partial charge in [0.2, 0.25) is 0 Å². The van der Waals surface area contributed by atoms with Gasteiger partial charge in [0.25, 0.3) is 0 Å². The minimum Gasteiger partial charge on any atom is -0.459 e. The van der Waals surface area contributed by atoms with Crippen LogP contribution in [0.1, 0.15) is 94.9 Å². The van der Waals surface area contributed by atoms with Gasteiger partial charge < -0.3 is 58.9 Å². The molecule has 0 bridgehead atoms. The van der Waals surface area contributed by atoms with Crippen molar-refractivity contribution < 1.29 is 63.5 Å². The minimum atomic E-state index is -1.99. The number of carbonyl (C=O) groups is 2. The lowest BCUT2D eigenvalue weighted by Gasteiger charge is -2.49. The fourth-order valence-corrected chi connectivity index (χ4v) is 8.41. The molecule has 18 atom stereocenters. The molecule has 0 aromatic heterocycles. The van der Waals surface area contributed by atoms with Crippen LogP contribution in [0.5, 0.6) is 0 Å². The molecule has 0 aromatic carbocycles. The number of Topliss-reactive ketones (excluding diaryl/α,β-unsaturated/α-hetero) is 1. The number of rotatable bonds is 7. The second-order valence-corrected chi connectivity index (χ2v) is 16.5. The number of ether oxygens (including phenoxy) is 6. The van der Waals surface area contributed by atoms with Gasteiger partial charge in [0.05, 0.1) is 47.6 Å². The van der Waals surface area contributed by atoms with Gasteiger partial charge in [-0.25, -0.2) is 0 Å². The van der Waals surface area contributed by atoms with Gasteiger partial charge in [0.15, 0.2) is 12.6 Å². The summed E-state index contributed by atoms with van der Waals surface area (Å²) in [6.45, 7) is 16.3. The second-order valence-electron chi connectivity index (χ2n) is 16.5. The van der Waals surface area contributed by atoms with Gasteiger partial charge in [-0.1, -0.05) is 27.7 Å². The van der Waals surface area contributed by atoms with Crippen molar-refractivity contribution >= 4 is 11.8 Å². The highest BCUT2D eigenvalue weighted by atomic mass is 16.7. The average molecular weight is 734 g/mol. The van der Waals surface area contributed by atoms with Gasteiger partial charge in [-0.15, -0.1) is 0 Å². The number of ketones is 1. The summed E-state index contributed by atoms with van der Waals surface area (Å²) in [4.78, 5) is 29.8. The van der Waals surface area contributed by atoms with Gasteiger partial charge in [-0.05, 0) is 74.9 Å². The first-order valence-corrected chi connectivity index (χ1v) is 18.5. The molecule has 0 spiro atoms. The Hall–Kier alpha value is -1.30. The summed E-state index contributed by atoms with van der Waals surface area (Å²) in [7, 11) is 5.18. The van der Waals surface area contributed by atoms with E-state index in [0.29, 0.717) is 6.42 Å². The predicted molar refractivity (Wildman–Crippen MR) is 186 cm³/mol. The van der Waals surface area contributed by atoms with Crippen LogP contribution in [0.15, 0.2) is 0 Å². The van der Waals surface area contributed by atoms with Crippen LogP contribution in [0, 0.1) is 23.7 Å². The molecule has 3 fully saturated rings. The van der Waals surface area contributed by atoms with Crippen molar-refractivity contribution in [3.05, 3.63) is 0 Å². The zero-order valence-corrected chi connectivity index (χ0v) is 32.9. The first-order chi connectivity index (χ1) is 23.4. The smallest absolute Gasteiger partial charge is 0.311 e. The lowest BCUT2D eigenvalue weighted by atomic mass is 9.74. The van der Waals surface area contributed by atoms with Crippen LogP contribution in [-0.2, 0) is 38.0 Å². The van der Waals surface area contributed by atoms with Crippen molar-refractivity contribution in [1.29, 1.82) is 0 Å². The summed E-state index contributed by atoms with van der Waals surface area (Å²) >= 11 is 0. The number of hydrogen-bond acceptors (Lipinski definition) is 14. The van der Waals surface area contributed by atoms with Crippen LogP contribution in [-0.4, -0.2) is 148 Å². The molecule has 3 aliphatic rings. The van der Waals surface area contributed by atoms with Gasteiger partial charge in [0.1, 0.15) is 29.7 Å². The van der Waals surface area contributed by atoms with Crippen LogP contribution < -0.4 is 0 Å². The number of aliphatic hydroxyl groups is 5. The Morgan fingerprint density at radius 3 is 2.04 bits per heavy atom. The number of carbonyl (C=O) groups excluding carboxylic acids is 2. The molecule has 3 aliphatic heterocycles. The van der Waals surface area contributed by atoms with Crippen LogP contribution in [0.3, 0.4) is 0 Å². The van der Waals surface area contributed by atoms with Crippen LogP contribution in [0.2, 0.25) is 0 Å². The number of cyclic esters (lactones) is 1. The Balaban J connectivity index is 2.18. The molecule has 51 heavy (non-hydrogen) atoms. The van der Waals surface area contributed by atoms with E-state index in [-0.39, 0.29) is 31.4 Å². The molecule has 0 aliphatic carbocycles. The van der Waals surface area contributed by atoms with Crippen molar-refractivity contribution in [1.82, 2.24) is 4.90 Å². The van der Waals surface area contributed by atoms with E-state index < -0.39 is 108 Å². The molecular weight excluding hydrogens is 666 g/mol. The highest BCUT2D eigenvalue weighted by Crippen LogP contribution is 2.40. The molecule has 14 heteroatoms. The number of nitrogens with zero attached hydrogens (tertiary/aromatic N) is 1. The quantitative estimate of drug-likeness (QED) is 0.238. The Morgan fingerprint density at radius 1 is 0.882 bits per heavy atom. The van der Waals surface area contributed by atoms with Crippen LogP contribution in [0.25, 0.3) is 0 Å². The van der Waals surface area contributed by atoms with Crippen molar-refractivity contribution in [3.8, 4) is 0 Å². The topological polar surface area (TPSA) is 194 Å². The molecule has 3 saturated heterocycles. The molecule has 3 heterocycles. The van der Waals surface area contributed by atoms with Crippen molar-refractivity contribution in [3.63, 3.8) is 0 Å². The predicted octanol–water partition coefficient (Wildman–Crippen LogP) is 1.79. The molecule has 1 unspecified atom stereocenters. The minimum absolute atomic E-state index is 0.0936. The molecular formula is C37H67NO13. The fourth-order valence-electron chi connectivity index (χ4n) is 8.41. The van der Waals surface area contributed by atoms with Crippen molar-refractivity contribution in [2.24, 2.45) is 23.7 Å². The van der Waals surface area contributed by atoms with Crippen LogP contribution in [0.4, 0.5) is 0 Å². The fraction of sp³-hybridized carbons (Fsp3) is 0.946. The van der Waals surface area contributed by atoms with Gasteiger partial charge in [-0.2, -0.15) is 0 Å². The normalized spacial score (nSPS) is 49.7. The monoisotopic (exact) mass is 733 g/mol. The van der Waals surface area contributed by atoms with Crippen molar-refractivity contribution in [2.75, 3.05) is 21.2 Å². The van der Waals surface area contributed by atoms with Gasteiger partial charge in [0, 0.05) is 37.3 Å². The highest BCUT2D eigenvalue weighted by molar-refractivity contribution is 5.83. The maximum absolute atomic E-state index is 14.1. The highest BCUT2D eigenvalue weighted by Gasteiger charge is 2.53. The zero-order chi connectivity index (χ0) is 39.0. The second kappa shape index (κ2) is 17.0. The first-order valence-electron chi connectivity index (χ1n) is 18.5. The summed E-state index contributed by atoms with van der Waals surface area (Å²) in [5.41, 5.74) is -4.84. The molecule has 14 nitrogen and oxygen atoms in total. The number of methoxy groups -OCH3 is 1. The molecule has 0 saturated carbocycles. The summed E-state index contributed by atoms with van der Waals surface area (Å²) < 4.78 is 37.1. The van der Waals surface area contributed by atoms with E-state index in [1.165, 1.54) is 27.9 Å². The van der Waals surface area contributed by atoms with E-state index in [2.05, 4.69) is 0 Å². The number of aliphatic hydroxyl groups excluding tert-OH is 3. The summed E-state index contributed by atoms with van der Waals surface area (Å²) in [6.07, 6.45) is -9.71. The Morgan fingerprint density at radius 2 is 1.49 bits per heavy atom. The number of esters is 1. The van der Waals surface area contributed by atoms with E-state index in [1.54, 1.807) is 41.5 Å².